The normalized spacial score (nSPS) is 13.2. The summed E-state index contributed by atoms with van der Waals surface area (Å²) >= 11 is 1.49. The van der Waals surface area contributed by atoms with Crippen LogP contribution in [0.4, 0.5) is 5.69 Å². The zero-order valence-corrected chi connectivity index (χ0v) is 13.9. The van der Waals surface area contributed by atoms with E-state index in [4.69, 9.17) is 0 Å². The van der Waals surface area contributed by atoms with Gasteiger partial charge in [0.25, 0.3) is 5.91 Å². The Hall–Kier alpha value is -2.27. The van der Waals surface area contributed by atoms with E-state index >= 15 is 0 Å². The summed E-state index contributed by atoms with van der Waals surface area (Å²) < 4.78 is 0. The van der Waals surface area contributed by atoms with Gasteiger partial charge in [-0.05, 0) is 36.2 Å². The van der Waals surface area contributed by atoms with Gasteiger partial charge >= 0.3 is 0 Å². The number of aryl methyl sites for hydroxylation is 1. The number of nitrogens with one attached hydrogen (secondary N) is 1. The molecule has 1 N–H and O–H groups in total. The minimum Gasteiger partial charge on any atom is -0.337 e. The molecule has 0 saturated heterocycles. The maximum Gasteiger partial charge on any atom is 0.253 e. The molecule has 3 rings (SSSR count). The first-order valence-corrected chi connectivity index (χ1v) is 8.40. The molecule has 0 radical (unpaired) electrons. The minimum absolute atomic E-state index is 0.0274. The van der Waals surface area contributed by atoms with Crippen LogP contribution in [0.1, 0.15) is 21.5 Å². The topological polar surface area (TPSA) is 49.4 Å². The van der Waals surface area contributed by atoms with Gasteiger partial charge in [-0.25, -0.2) is 0 Å². The number of carbonyl (C=O) groups is 2. The summed E-state index contributed by atoms with van der Waals surface area (Å²) in [7, 11) is 1.79. The minimum atomic E-state index is -0.0547. The molecular formula is C18H18N2O2S. The molecule has 0 bridgehead atoms. The van der Waals surface area contributed by atoms with Crippen molar-refractivity contribution in [1.29, 1.82) is 0 Å². The van der Waals surface area contributed by atoms with Crippen molar-refractivity contribution in [2.24, 2.45) is 0 Å². The van der Waals surface area contributed by atoms with E-state index in [0.29, 0.717) is 17.9 Å². The summed E-state index contributed by atoms with van der Waals surface area (Å²) in [6.45, 7) is 2.60. The van der Waals surface area contributed by atoms with Crippen LogP contribution in [0.2, 0.25) is 0 Å². The van der Waals surface area contributed by atoms with Gasteiger partial charge in [0.1, 0.15) is 0 Å². The highest BCUT2D eigenvalue weighted by molar-refractivity contribution is 8.00. The molecule has 0 fully saturated rings. The third kappa shape index (κ3) is 3.40. The first-order valence-electron chi connectivity index (χ1n) is 7.41. The van der Waals surface area contributed by atoms with Crippen LogP contribution in [0.25, 0.3) is 0 Å². The number of hydrogen-bond acceptors (Lipinski definition) is 3. The Kier molecular flexibility index (Phi) is 4.39. The van der Waals surface area contributed by atoms with Gasteiger partial charge in [0.2, 0.25) is 5.91 Å². The lowest BCUT2D eigenvalue weighted by Gasteiger charge is -2.21. The molecule has 1 heterocycles. The number of anilines is 1. The van der Waals surface area contributed by atoms with E-state index in [1.165, 1.54) is 17.3 Å². The van der Waals surface area contributed by atoms with Gasteiger partial charge in [-0.15, -0.1) is 11.8 Å². The monoisotopic (exact) mass is 326 g/mol. The highest BCUT2D eigenvalue weighted by Crippen LogP contribution is 2.32. The fourth-order valence-corrected chi connectivity index (χ4v) is 3.34. The van der Waals surface area contributed by atoms with Gasteiger partial charge in [0, 0.05) is 24.1 Å². The molecule has 0 saturated carbocycles. The van der Waals surface area contributed by atoms with Crippen molar-refractivity contribution in [3.05, 3.63) is 59.2 Å². The summed E-state index contributed by atoms with van der Waals surface area (Å²) in [5, 5.41) is 2.82. The number of carbonyl (C=O) groups excluding carboxylic acids is 2. The van der Waals surface area contributed by atoms with Crippen LogP contribution in [0.15, 0.2) is 47.4 Å². The van der Waals surface area contributed by atoms with E-state index < -0.39 is 0 Å². The summed E-state index contributed by atoms with van der Waals surface area (Å²) in [6, 6.07) is 13.5. The second kappa shape index (κ2) is 6.46. The van der Waals surface area contributed by atoms with E-state index in [1.54, 1.807) is 18.0 Å². The first kappa shape index (κ1) is 15.6. The SMILES string of the molecule is Cc1ccccc1CN(C)C(=O)c1ccc2c(c1)NC(=O)CS2. The van der Waals surface area contributed by atoms with Gasteiger partial charge in [0.15, 0.2) is 0 Å². The predicted molar refractivity (Wildman–Crippen MR) is 92.8 cm³/mol. The van der Waals surface area contributed by atoms with Gasteiger partial charge < -0.3 is 10.2 Å². The molecule has 5 heteroatoms. The highest BCUT2D eigenvalue weighted by Gasteiger charge is 2.19. The van der Waals surface area contributed by atoms with Crippen molar-refractivity contribution < 1.29 is 9.59 Å². The summed E-state index contributed by atoms with van der Waals surface area (Å²) in [6.07, 6.45) is 0. The van der Waals surface area contributed by atoms with Crippen LogP contribution in [0, 0.1) is 6.92 Å². The summed E-state index contributed by atoms with van der Waals surface area (Å²) in [5.74, 6) is 0.342. The average Bonchev–Trinajstić information content (AvgIpc) is 2.55. The molecule has 2 aromatic carbocycles. The number of benzene rings is 2. The average molecular weight is 326 g/mol. The molecule has 4 nitrogen and oxygen atoms in total. The Morgan fingerprint density at radius 1 is 1.26 bits per heavy atom. The van der Waals surface area contributed by atoms with Crippen molar-refractivity contribution in [3.63, 3.8) is 0 Å². The predicted octanol–water partition coefficient (Wildman–Crippen LogP) is 3.31. The van der Waals surface area contributed by atoms with Gasteiger partial charge in [-0.1, -0.05) is 24.3 Å². The first-order chi connectivity index (χ1) is 11.0. The molecular weight excluding hydrogens is 308 g/mol. The standard InChI is InChI=1S/C18H18N2O2S/c1-12-5-3-4-6-14(12)10-20(2)18(22)13-7-8-16-15(9-13)19-17(21)11-23-16/h3-9H,10-11H2,1-2H3,(H,19,21). The maximum absolute atomic E-state index is 12.6. The molecule has 118 valence electrons. The molecule has 0 aromatic heterocycles. The third-order valence-electron chi connectivity index (χ3n) is 3.87. The Labute approximate surface area is 139 Å². The summed E-state index contributed by atoms with van der Waals surface area (Å²) in [5.41, 5.74) is 3.61. The van der Waals surface area contributed by atoms with E-state index in [-0.39, 0.29) is 11.8 Å². The Balaban J connectivity index is 1.79. The van der Waals surface area contributed by atoms with Crippen molar-refractivity contribution in [3.8, 4) is 0 Å². The van der Waals surface area contributed by atoms with Crippen LogP contribution >= 0.6 is 11.8 Å². The van der Waals surface area contributed by atoms with Crippen molar-refractivity contribution in [1.82, 2.24) is 4.90 Å². The number of amides is 2. The van der Waals surface area contributed by atoms with Crippen LogP contribution in [0.3, 0.4) is 0 Å². The molecule has 1 aliphatic heterocycles. The molecule has 0 atom stereocenters. The van der Waals surface area contributed by atoms with Gasteiger partial charge in [0.05, 0.1) is 11.4 Å². The lowest BCUT2D eigenvalue weighted by atomic mass is 10.1. The highest BCUT2D eigenvalue weighted by atomic mass is 32.2. The van der Waals surface area contributed by atoms with E-state index in [2.05, 4.69) is 5.32 Å². The Morgan fingerprint density at radius 3 is 2.83 bits per heavy atom. The largest absolute Gasteiger partial charge is 0.337 e. The summed E-state index contributed by atoms with van der Waals surface area (Å²) in [4.78, 5) is 26.8. The molecule has 23 heavy (non-hydrogen) atoms. The maximum atomic E-state index is 12.6. The Bertz CT molecular complexity index is 773. The Morgan fingerprint density at radius 2 is 2.04 bits per heavy atom. The van der Waals surface area contributed by atoms with Crippen LogP contribution in [0.5, 0.6) is 0 Å². The van der Waals surface area contributed by atoms with Crippen LogP contribution in [-0.2, 0) is 11.3 Å². The third-order valence-corrected chi connectivity index (χ3v) is 4.95. The zero-order valence-electron chi connectivity index (χ0n) is 13.1. The fraction of sp³-hybridized carbons (Fsp3) is 0.222. The quantitative estimate of drug-likeness (QED) is 0.941. The van der Waals surface area contributed by atoms with Gasteiger partial charge in [-0.2, -0.15) is 0 Å². The lowest BCUT2D eigenvalue weighted by Crippen LogP contribution is -2.27. The molecule has 2 amide bonds. The van der Waals surface area contributed by atoms with Gasteiger partial charge in [-0.3, -0.25) is 9.59 Å². The number of fused-ring (bicyclic) bond motifs is 1. The zero-order chi connectivity index (χ0) is 16.4. The smallest absolute Gasteiger partial charge is 0.253 e. The molecule has 1 aliphatic rings. The number of hydrogen-bond donors (Lipinski definition) is 1. The van der Waals surface area contributed by atoms with E-state index in [1.807, 2.05) is 43.3 Å². The second-order valence-electron chi connectivity index (χ2n) is 5.64. The number of nitrogens with zero attached hydrogens (tertiary/aromatic N) is 1. The molecule has 0 unspecified atom stereocenters. The number of rotatable bonds is 3. The molecule has 0 aliphatic carbocycles. The van der Waals surface area contributed by atoms with Crippen molar-refractivity contribution in [2.45, 2.75) is 18.4 Å². The lowest BCUT2D eigenvalue weighted by molar-refractivity contribution is -0.113. The second-order valence-corrected chi connectivity index (χ2v) is 6.65. The number of thioether (sulfide) groups is 1. The fourth-order valence-electron chi connectivity index (χ4n) is 2.55. The van der Waals surface area contributed by atoms with Crippen molar-refractivity contribution >= 4 is 29.3 Å². The molecule has 2 aromatic rings. The van der Waals surface area contributed by atoms with Crippen molar-refractivity contribution in [2.75, 3.05) is 18.1 Å². The van der Waals surface area contributed by atoms with E-state index in [0.717, 1.165) is 16.1 Å². The van der Waals surface area contributed by atoms with E-state index in [9.17, 15) is 9.59 Å². The van der Waals surface area contributed by atoms with Crippen LogP contribution < -0.4 is 5.32 Å². The van der Waals surface area contributed by atoms with Crippen LogP contribution in [-0.4, -0.2) is 29.5 Å². The molecule has 0 spiro atoms.